The van der Waals surface area contributed by atoms with E-state index in [2.05, 4.69) is 10.3 Å². The van der Waals surface area contributed by atoms with Gasteiger partial charge in [-0.05, 0) is 48.9 Å². The zero-order valence-electron chi connectivity index (χ0n) is 17.6. The number of hydrogen-bond donors (Lipinski definition) is 1. The summed E-state index contributed by atoms with van der Waals surface area (Å²) in [5.74, 6) is -0.456. The Balaban J connectivity index is 1.63. The Bertz CT molecular complexity index is 1350. The second-order valence-electron chi connectivity index (χ2n) is 7.20. The monoisotopic (exact) mass is 427 g/mol. The second kappa shape index (κ2) is 8.85. The first-order chi connectivity index (χ1) is 15.5. The lowest BCUT2D eigenvalue weighted by Crippen LogP contribution is -2.34. The van der Waals surface area contributed by atoms with Crippen LogP contribution in [0.25, 0.3) is 16.6 Å². The summed E-state index contributed by atoms with van der Waals surface area (Å²) in [7, 11) is 1.27. The van der Waals surface area contributed by atoms with Gasteiger partial charge in [0, 0.05) is 5.56 Å². The Morgan fingerprint density at radius 2 is 1.59 bits per heavy atom. The molecule has 32 heavy (non-hydrogen) atoms. The van der Waals surface area contributed by atoms with E-state index in [0.29, 0.717) is 33.5 Å². The first kappa shape index (κ1) is 21.0. The van der Waals surface area contributed by atoms with E-state index < -0.39 is 17.9 Å². The Hall–Kier alpha value is -4.26. The Kier molecular flexibility index (Phi) is 5.81. The van der Waals surface area contributed by atoms with E-state index in [1.165, 1.54) is 11.7 Å². The average Bonchev–Trinajstić information content (AvgIpc) is 2.83. The third-order valence-corrected chi connectivity index (χ3v) is 5.18. The van der Waals surface area contributed by atoms with Crippen molar-refractivity contribution in [1.29, 1.82) is 0 Å². The summed E-state index contributed by atoms with van der Waals surface area (Å²) in [6.07, 6.45) is 0. The number of carbonyl (C=O) groups is 2. The molecule has 7 heteroatoms. The molecule has 0 fully saturated rings. The number of esters is 1. The van der Waals surface area contributed by atoms with Crippen molar-refractivity contribution in [3.63, 3.8) is 0 Å². The Labute approximate surface area is 184 Å². The molecule has 0 aliphatic heterocycles. The van der Waals surface area contributed by atoms with Crippen molar-refractivity contribution in [3.05, 3.63) is 106 Å². The van der Waals surface area contributed by atoms with Crippen LogP contribution in [0.4, 0.5) is 0 Å². The molecule has 7 nitrogen and oxygen atoms in total. The summed E-state index contributed by atoms with van der Waals surface area (Å²) in [6, 6.07) is 21.7. The lowest BCUT2D eigenvalue weighted by molar-refractivity contribution is -0.143. The summed E-state index contributed by atoms with van der Waals surface area (Å²) >= 11 is 0. The zero-order chi connectivity index (χ0) is 22.7. The maximum absolute atomic E-state index is 13.0. The molecular formula is C25H21N3O4. The number of carbonyl (C=O) groups excluding carboxylic acids is 2. The molecule has 0 saturated heterocycles. The Morgan fingerprint density at radius 1 is 0.938 bits per heavy atom. The minimum Gasteiger partial charge on any atom is -0.467 e. The minimum atomic E-state index is -0.928. The summed E-state index contributed by atoms with van der Waals surface area (Å²) in [6.45, 7) is 1.76. The van der Waals surface area contributed by atoms with E-state index in [1.54, 1.807) is 73.7 Å². The van der Waals surface area contributed by atoms with Crippen LogP contribution in [0.3, 0.4) is 0 Å². The number of aromatic nitrogens is 2. The number of nitrogens with one attached hydrogen (secondary N) is 1. The predicted molar refractivity (Wildman–Crippen MR) is 121 cm³/mol. The standard InChI is InChI=1S/C25H21N3O4/c1-16-26-21-11-7-6-10-20(21)24(30)28(16)19-14-12-18(13-15-19)23(29)27-22(25(31)32-2)17-8-4-3-5-9-17/h3-15,22H,1-2H3,(H,27,29). The van der Waals surface area contributed by atoms with Crippen molar-refractivity contribution >= 4 is 22.8 Å². The molecule has 1 aromatic heterocycles. The SMILES string of the molecule is COC(=O)C(NC(=O)c1ccc(-n2c(C)nc3ccccc3c2=O)cc1)c1ccccc1. The molecule has 160 valence electrons. The average molecular weight is 427 g/mol. The molecule has 4 rings (SSSR count). The van der Waals surface area contributed by atoms with Crippen molar-refractivity contribution in [3.8, 4) is 5.69 Å². The summed E-state index contributed by atoms with van der Waals surface area (Å²) in [4.78, 5) is 42.5. The molecule has 0 aliphatic carbocycles. The highest BCUT2D eigenvalue weighted by atomic mass is 16.5. The highest BCUT2D eigenvalue weighted by Crippen LogP contribution is 2.17. The van der Waals surface area contributed by atoms with Gasteiger partial charge in [-0.15, -0.1) is 0 Å². The van der Waals surface area contributed by atoms with Crippen LogP contribution in [0.15, 0.2) is 83.7 Å². The smallest absolute Gasteiger partial charge is 0.333 e. The maximum Gasteiger partial charge on any atom is 0.333 e. The molecule has 1 unspecified atom stereocenters. The molecule has 0 saturated carbocycles. The lowest BCUT2D eigenvalue weighted by atomic mass is 10.1. The van der Waals surface area contributed by atoms with Gasteiger partial charge < -0.3 is 10.1 Å². The number of para-hydroxylation sites is 1. The van der Waals surface area contributed by atoms with Gasteiger partial charge in [0.2, 0.25) is 0 Å². The topological polar surface area (TPSA) is 90.3 Å². The summed E-state index contributed by atoms with van der Waals surface area (Å²) < 4.78 is 6.35. The fraction of sp³-hybridized carbons (Fsp3) is 0.120. The van der Waals surface area contributed by atoms with Crippen molar-refractivity contribution in [1.82, 2.24) is 14.9 Å². The van der Waals surface area contributed by atoms with Gasteiger partial charge in [0.25, 0.3) is 11.5 Å². The Morgan fingerprint density at radius 3 is 2.28 bits per heavy atom. The van der Waals surface area contributed by atoms with Crippen molar-refractivity contribution in [2.75, 3.05) is 7.11 Å². The molecular weight excluding hydrogens is 406 g/mol. The highest BCUT2D eigenvalue weighted by Gasteiger charge is 2.24. The first-order valence-corrected chi connectivity index (χ1v) is 10.0. The zero-order valence-corrected chi connectivity index (χ0v) is 17.6. The fourth-order valence-electron chi connectivity index (χ4n) is 3.57. The molecule has 0 radical (unpaired) electrons. The predicted octanol–water partition coefficient (Wildman–Crippen LogP) is 3.34. The van der Waals surface area contributed by atoms with Crippen LogP contribution in [0.5, 0.6) is 0 Å². The highest BCUT2D eigenvalue weighted by molar-refractivity contribution is 5.97. The van der Waals surface area contributed by atoms with Gasteiger partial charge in [0.15, 0.2) is 6.04 Å². The van der Waals surface area contributed by atoms with Crippen LogP contribution in [0.1, 0.15) is 27.8 Å². The van der Waals surface area contributed by atoms with E-state index in [-0.39, 0.29) is 5.56 Å². The van der Waals surface area contributed by atoms with E-state index in [9.17, 15) is 14.4 Å². The molecule has 1 amide bonds. The molecule has 1 N–H and O–H groups in total. The van der Waals surface area contributed by atoms with Gasteiger partial charge in [0.05, 0.1) is 23.7 Å². The van der Waals surface area contributed by atoms with Crippen LogP contribution >= 0.6 is 0 Å². The van der Waals surface area contributed by atoms with Gasteiger partial charge in [0.1, 0.15) is 5.82 Å². The first-order valence-electron chi connectivity index (χ1n) is 10.0. The van der Waals surface area contributed by atoms with Gasteiger partial charge in [-0.25, -0.2) is 9.78 Å². The number of hydrogen-bond acceptors (Lipinski definition) is 5. The third-order valence-electron chi connectivity index (χ3n) is 5.18. The van der Waals surface area contributed by atoms with Crippen LogP contribution in [-0.2, 0) is 9.53 Å². The number of fused-ring (bicyclic) bond motifs is 1. The van der Waals surface area contributed by atoms with E-state index >= 15 is 0 Å². The number of amides is 1. The van der Waals surface area contributed by atoms with Gasteiger partial charge in [-0.2, -0.15) is 0 Å². The molecule has 0 bridgehead atoms. The van der Waals surface area contributed by atoms with Crippen LogP contribution in [0, 0.1) is 6.92 Å². The number of ether oxygens (including phenoxy) is 1. The summed E-state index contributed by atoms with van der Waals surface area (Å²) in [5, 5.41) is 3.23. The number of aryl methyl sites for hydroxylation is 1. The summed E-state index contributed by atoms with van der Waals surface area (Å²) in [5.41, 5.74) is 2.01. The van der Waals surface area contributed by atoms with E-state index in [0.717, 1.165) is 0 Å². The maximum atomic E-state index is 13.0. The molecule has 3 aromatic carbocycles. The molecule has 0 spiro atoms. The minimum absolute atomic E-state index is 0.180. The number of rotatable bonds is 5. The molecule has 4 aromatic rings. The van der Waals surface area contributed by atoms with Gasteiger partial charge >= 0.3 is 5.97 Å². The second-order valence-corrected chi connectivity index (χ2v) is 7.20. The van der Waals surface area contributed by atoms with Crippen LogP contribution < -0.4 is 10.9 Å². The molecule has 0 aliphatic rings. The van der Waals surface area contributed by atoms with Crippen molar-refractivity contribution < 1.29 is 14.3 Å². The third kappa shape index (κ3) is 4.00. The van der Waals surface area contributed by atoms with Crippen LogP contribution in [0.2, 0.25) is 0 Å². The van der Waals surface area contributed by atoms with Crippen LogP contribution in [-0.4, -0.2) is 28.5 Å². The number of nitrogens with zero attached hydrogens (tertiary/aromatic N) is 2. The molecule has 1 heterocycles. The largest absolute Gasteiger partial charge is 0.467 e. The normalized spacial score (nSPS) is 11.7. The van der Waals surface area contributed by atoms with Crippen molar-refractivity contribution in [2.45, 2.75) is 13.0 Å². The van der Waals surface area contributed by atoms with Gasteiger partial charge in [-0.1, -0.05) is 42.5 Å². The quantitative estimate of drug-likeness (QED) is 0.494. The number of methoxy groups -OCH3 is 1. The number of benzene rings is 3. The molecule has 1 atom stereocenters. The van der Waals surface area contributed by atoms with E-state index in [1.807, 2.05) is 12.1 Å². The lowest BCUT2D eigenvalue weighted by Gasteiger charge is -2.17. The van der Waals surface area contributed by atoms with E-state index in [4.69, 9.17) is 4.74 Å². The van der Waals surface area contributed by atoms with Crippen molar-refractivity contribution in [2.24, 2.45) is 0 Å². The fourth-order valence-corrected chi connectivity index (χ4v) is 3.57. The van der Waals surface area contributed by atoms with Gasteiger partial charge in [-0.3, -0.25) is 14.2 Å².